The van der Waals surface area contributed by atoms with Gasteiger partial charge in [-0.2, -0.15) is 0 Å². The van der Waals surface area contributed by atoms with Crippen molar-refractivity contribution in [1.29, 1.82) is 0 Å². The monoisotopic (exact) mass is 401 g/mol. The number of carboxylic acids is 2. The number of rotatable bonds is 12. The van der Waals surface area contributed by atoms with Crippen molar-refractivity contribution in [2.24, 2.45) is 4.99 Å². The summed E-state index contributed by atoms with van der Waals surface area (Å²) < 4.78 is 0.430. The average Bonchev–Trinajstić information content (AvgIpc) is 2.92. The number of quaternary nitrogens is 2. The molecule has 1 heterocycles. The number of carbonyl (C=O) groups is 2. The van der Waals surface area contributed by atoms with Crippen LogP contribution in [0.1, 0.15) is 58.8 Å². The van der Waals surface area contributed by atoms with Crippen molar-refractivity contribution in [1.82, 2.24) is 0 Å². The Hall–Kier alpha value is -1.77. The molecule has 0 aliphatic carbocycles. The van der Waals surface area contributed by atoms with Gasteiger partial charge in [-0.3, -0.25) is 0 Å². The number of nitrogens with zero attached hydrogens (tertiary/aromatic N) is 3. The number of aliphatic carboxylic acids is 2. The van der Waals surface area contributed by atoms with Gasteiger partial charge in [0.1, 0.15) is 6.20 Å². The Morgan fingerprint density at radius 1 is 1.07 bits per heavy atom. The number of hydrogen-bond acceptors (Lipinski definition) is 4. The smallest absolute Gasteiger partial charge is 0.360 e. The average molecular weight is 402 g/mol. The molecule has 2 atom stereocenters. The zero-order valence-corrected chi connectivity index (χ0v) is 18.1. The van der Waals surface area contributed by atoms with Crippen molar-refractivity contribution in [3.05, 3.63) is 12.4 Å². The normalized spacial score (nSPS) is 19.6. The highest BCUT2D eigenvalue weighted by molar-refractivity contribution is 5.81. The molecule has 0 radical (unpaired) electrons. The summed E-state index contributed by atoms with van der Waals surface area (Å²) in [5, 5.41) is 27.3. The van der Waals surface area contributed by atoms with Gasteiger partial charge in [-0.05, 0) is 6.42 Å². The summed E-state index contributed by atoms with van der Waals surface area (Å²) in [6.45, 7) is 3.84. The molecule has 0 bridgehead atoms. The van der Waals surface area contributed by atoms with Gasteiger partial charge >= 0.3 is 11.9 Å². The van der Waals surface area contributed by atoms with Crippen LogP contribution in [0.5, 0.6) is 0 Å². The van der Waals surface area contributed by atoms with E-state index in [0.717, 1.165) is 25.1 Å². The first kappa shape index (κ1) is 26.2. The molecule has 3 N–H and O–H groups in total. The minimum absolute atomic E-state index is 0.0513. The third kappa shape index (κ3) is 10.5. The number of carboxylic acid groups (broad SMARTS) is 2. The molecule has 2 unspecified atom stereocenters. The number of unbranched alkanes of at least 4 members (excludes halogenated alkanes) is 5. The van der Waals surface area contributed by atoms with Crippen molar-refractivity contribution in [2.75, 3.05) is 34.2 Å². The fourth-order valence-electron chi connectivity index (χ4n) is 3.01. The molecule has 1 aliphatic heterocycles. The first-order valence-corrected chi connectivity index (χ1v) is 9.99. The topological polar surface area (TPSA) is 107 Å². The van der Waals surface area contributed by atoms with Crippen molar-refractivity contribution in [2.45, 2.75) is 65.0 Å². The lowest BCUT2D eigenvalue weighted by molar-refractivity contribution is -0.862. The summed E-state index contributed by atoms with van der Waals surface area (Å²) in [7, 11) is 5.52. The fraction of sp³-hybridized carbons (Fsp3) is 0.750. The van der Waals surface area contributed by atoms with E-state index in [4.69, 9.17) is 10.2 Å². The second kappa shape index (κ2) is 12.6. The Balaban J connectivity index is 0.000000769. The Morgan fingerprint density at radius 3 is 2.07 bits per heavy atom. The molecule has 0 aromatic carbocycles. The van der Waals surface area contributed by atoms with Gasteiger partial charge < -0.3 is 19.8 Å². The van der Waals surface area contributed by atoms with Gasteiger partial charge in [0, 0.05) is 13.3 Å². The predicted octanol–water partition coefficient (Wildman–Crippen LogP) is 2.64. The van der Waals surface area contributed by atoms with Gasteiger partial charge in [0.2, 0.25) is 5.84 Å². The van der Waals surface area contributed by atoms with Crippen LogP contribution < -0.4 is 0 Å². The van der Waals surface area contributed by atoms with Gasteiger partial charge in [-0.25, -0.2) is 19.1 Å². The largest absolute Gasteiger partial charge is 0.477 e. The molecule has 0 spiro atoms. The van der Waals surface area contributed by atoms with Crippen molar-refractivity contribution < 1.29 is 33.9 Å². The van der Waals surface area contributed by atoms with E-state index < -0.39 is 18.2 Å². The van der Waals surface area contributed by atoms with Gasteiger partial charge in [0.05, 0.1) is 27.3 Å². The number of likely N-dealkylation sites (N-methyl/N-ethyl adjacent to an activating group) is 1. The highest BCUT2D eigenvalue weighted by atomic mass is 16.4. The first-order chi connectivity index (χ1) is 12.9. The van der Waals surface area contributed by atoms with E-state index in [2.05, 4.69) is 11.9 Å². The lowest BCUT2D eigenvalue weighted by atomic mass is 10.1. The highest BCUT2D eigenvalue weighted by Gasteiger charge is 2.41. The number of hydrogen-bond donors (Lipinski definition) is 3. The van der Waals surface area contributed by atoms with Crippen LogP contribution in [0.4, 0.5) is 0 Å². The zero-order chi connectivity index (χ0) is 21.8. The number of amidine groups is 1. The zero-order valence-electron chi connectivity index (χ0n) is 18.1. The molecule has 1 rings (SSSR count). The van der Waals surface area contributed by atoms with Crippen LogP contribution in [0.25, 0.3) is 0 Å². The maximum atomic E-state index is 11.0. The minimum atomic E-state index is -0.923. The molecule has 28 heavy (non-hydrogen) atoms. The van der Waals surface area contributed by atoms with E-state index in [-0.39, 0.29) is 17.6 Å². The van der Waals surface area contributed by atoms with Gasteiger partial charge in [-0.1, -0.05) is 39.0 Å². The van der Waals surface area contributed by atoms with Crippen molar-refractivity contribution >= 4 is 17.8 Å². The van der Waals surface area contributed by atoms with E-state index in [0.29, 0.717) is 4.48 Å². The van der Waals surface area contributed by atoms with Gasteiger partial charge in [0.25, 0.3) is 0 Å². The molecule has 1 aliphatic rings. The molecule has 0 fully saturated rings. The molecule has 0 aromatic rings. The molecule has 0 saturated carbocycles. The van der Waals surface area contributed by atoms with E-state index in [1.807, 2.05) is 21.1 Å². The van der Waals surface area contributed by atoms with Crippen molar-refractivity contribution in [3.8, 4) is 0 Å². The third-order valence-electron chi connectivity index (χ3n) is 4.46. The lowest BCUT2D eigenvalue weighted by Crippen LogP contribution is -2.55. The van der Waals surface area contributed by atoms with Gasteiger partial charge in [0.15, 0.2) is 19.3 Å². The van der Waals surface area contributed by atoms with Crippen LogP contribution >= 0.6 is 0 Å². The minimum Gasteiger partial charge on any atom is -0.477 e. The molecule has 8 heteroatoms. The van der Waals surface area contributed by atoms with E-state index in [1.165, 1.54) is 25.7 Å². The molecule has 8 nitrogen and oxygen atoms in total. The Labute approximate surface area is 169 Å². The number of aliphatic hydroxyl groups is 1. The molecular weight excluding hydrogens is 362 g/mol. The van der Waals surface area contributed by atoms with Crippen LogP contribution in [-0.4, -0.2) is 82.5 Å². The van der Waals surface area contributed by atoms with Crippen LogP contribution in [-0.2, 0) is 9.59 Å². The summed E-state index contributed by atoms with van der Waals surface area (Å²) in [5.41, 5.74) is 0. The molecule has 0 saturated heterocycles. The quantitative estimate of drug-likeness (QED) is 0.344. The van der Waals surface area contributed by atoms with Crippen molar-refractivity contribution in [3.63, 3.8) is 0 Å². The summed E-state index contributed by atoms with van der Waals surface area (Å²) in [5.74, 6) is -0.913. The van der Waals surface area contributed by atoms with Gasteiger partial charge in [-0.15, -0.1) is 0 Å². The number of aliphatic hydroxyl groups excluding tert-OH is 1. The Bertz CT molecular complexity index is 553. The summed E-state index contributed by atoms with van der Waals surface area (Å²) >= 11 is 0. The Morgan fingerprint density at radius 2 is 1.64 bits per heavy atom. The molecule has 0 aromatic heterocycles. The third-order valence-corrected chi connectivity index (χ3v) is 4.46. The predicted molar refractivity (Wildman–Crippen MR) is 110 cm³/mol. The second-order valence-corrected chi connectivity index (χ2v) is 8.32. The fourth-order valence-corrected chi connectivity index (χ4v) is 3.01. The van der Waals surface area contributed by atoms with E-state index in [9.17, 15) is 14.7 Å². The maximum Gasteiger partial charge on any atom is 0.360 e. The first-order valence-electron chi connectivity index (χ1n) is 9.99. The second-order valence-electron chi connectivity index (χ2n) is 8.32. The summed E-state index contributed by atoms with van der Waals surface area (Å²) in [6, 6.07) is 0. The number of aliphatic imine (C=N–C) groups is 1. The molecular formula is C20H39N3O5+2. The van der Waals surface area contributed by atoms with E-state index in [1.54, 1.807) is 19.3 Å². The van der Waals surface area contributed by atoms with Crippen LogP contribution in [0, 0.1) is 0 Å². The lowest BCUT2D eigenvalue weighted by Gasteiger charge is -2.33. The molecule has 0 amide bonds. The summed E-state index contributed by atoms with van der Waals surface area (Å²) in [6.07, 6.45) is 10.4. The van der Waals surface area contributed by atoms with Crippen LogP contribution in [0.15, 0.2) is 17.4 Å². The van der Waals surface area contributed by atoms with Crippen LogP contribution in [0.2, 0.25) is 0 Å². The SMILES string of the molecule is CCCCCCCCC1=NC=C[N+]1(CC(=O)O)C(C)O.C[N+](C)(C)CC(=O)O. The highest BCUT2D eigenvalue weighted by Crippen LogP contribution is 2.24. The maximum absolute atomic E-state index is 11.0. The Kier molecular flexibility index (Phi) is 11.8. The summed E-state index contributed by atoms with van der Waals surface area (Å²) in [4.78, 5) is 25.3. The van der Waals surface area contributed by atoms with Crippen LogP contribution in [0.3, 0.4) is 0 Å². The molecule has 162 valence electrons. The van der Waals surface area contributed by atoms with E-state index >= 15 is 0 Å². The standard InChI is InChI=1S/C15H26N2O3.C5H11NO2/c1-3-4-5-6-7-8-9-14-16-10-11-17(14,13(2)18)12-15(19)20;1-6(2,3)4-5(7)8/h10-11,13,18H,3-9,12H2,1-2H3;4H2,1-3H3/p+2.